The number of hydrogen-bond acceptors (Lipinski definition) is 2. The van der Waals surface area contributed by atoms with E-state index in [1.54, 1.807) is 7.11 Å². The van der Waals surface area contributed by atoms with Gasteiger partial charge in [0.2, 0.25) is 0 Å². The lowest BCUT2D eigenvalue weighted by molar-refractivity contribution is 0.412. The van der Waals surface area contributed by atoms with E-state index in [0.717, 1.165) is 28.9 Å². The Bertz CT molecular complexity index is 276. The molecule has 1 rings (SSSR count). The van der Waals surface area contributed by atoms with Crippen molar-refractivity contribution in [1.29, 1.82) is 0 Å². The molecule has 72 valence electrons. The van der Waals surface area contributed by atoms with Crippen LogP contribution in [0.3, 0.4) is 0 Å². The first kappa shape index (κ1) is 10.4. The molecule has 0 heterocycles. The maximum Gasteiger partial charge on any atom is 0.135 e. The lowest BCUT2D eigenvalue weighted by Crippen LogP contribution is -1.99. The Morgan fingerprint density at radius 1 is 1.46 bits per heavy atom. The second-order valence-electron chi connectivity index (χ2n) is 2.78. The average Bonchev–Trinajstić information content (AvgIpc) is 2.16. The third-order valence-corrected chi connectivity index (χ3v) is 2.39. The van der Waals surface area contributed by atoms with E-state index in [2.05, 4.69) is 28.2 Å². The first-order chi connectivity index (χ1) is 6.27. The van der Waals surface area contributed by atoms with Gasteiger partial charge in [-0.15, -0.1) is 0 Å². The van der Waals surface area contributed by atoms with Gasteiger partial charge in [0.05, 0.1) is 11.6 Å². The Balaban J connectivity index is 2.74. The number of nitrogens with one attached hydrogen (secondary N) is 1. The van der Waals surface area contributed by atoms with Gasteiger partial charge in [0.25, 0.3) is 0 Å². The van der Waals surface area contributed by atoms with Gasteiger partial charge in [-0.3, -0.25) is 0 Å². The van der Waals surface area contributed by atoms with Crippen LogP contribution in [0.5, 0.6) is 5.75 Å². The van der Waals surface area contributed by atoms with Crippen molar-refractivity contribution in [2.75, 3.05) is 19.0 Å². The fraction of sp³-hybridized carbons (Fsp3) is 0.400. The molecule has 0 aliphatic carbocycles. The van der Waals surface area contributed by atoms with Crippen molar-refractivity contribution in [1.82, 2.24) is 0 Å². The van der Waals surface area contributed by atoms with Crippen LogP contribution in [0, 0.1) is 0 Å². The van der Waals surface area contributed by atoms with Gasteiger partial charge in [0.1, 0.15) is 5.75 Å². The molecular weight excluding hydrogens is 230 g/mol. The van der Waals surface area contributed by atoms with Crippen molar-refractivity contribution in [3.63, 3.8) is 0 Å². The van der Waals surface area contributed by atoms with Gasteiger partial charge in [-0.2, -0.15) is 0 Å². The van der Waals surface area contributed by atoms with Crippen LogP contribution in [0.15, 0.2) is 22.7 Å². The second kappa shape index (κ2) is 5.12. The predicted molar refractivity (Wildman–Crippen MR) is 59.5 cm³/mol. The molecule has 1 aromatic carbocycles. The standard InChI is InChI=1S/C10H14BrNO/c1-3-6-12-8-4-5-9(11)10(7-8)13-2/h4-5,7,12H,3,6H2,1-2H3. The van der Waals surface area contributed by atoms with Gasteiger partial charge in [-0.05, 0) is 34.5 Å². The maximum atomic E-state index is 5.18. The van der Waals surface area contributed by atoms with E-state index in [0.29, 0.717) is 0 Å². The summed E-state index contributed by atoms with van der Waals surface area (Å²) < 4.78 is 6.16. The van der Waals surface area contributed by atoms with Crippen molar-refractivity contribution in [2.45, 2.75) is 13.3 Å². The molecule has 0 radical (unpaired) electrons. The minimum absolute atomic E-state index is 0.862. The van der Waals surface area contributed by atoms with E-state index in [1.165, 1.54) is 0 Å². The summed E-state index contributed by atoms with van der Waals surface area (Å²) in [5.74, 6) is 0.862. The fourth-order valence-electron chi connectivity index (χ4n) is 1.04. The number of halogens is 1. The summed E-state index contributed by atoms with van der Waals surface area (Å²) in [6.45, 7) is 3.13. The number of benzene rings is 1. The van der Waals surface area contributed by atoms with Gasteiger partial charge in [0, 0.05) is 18.3 Å². The van der Waals surface area contributed by atoms with Gasteiger partial charge in [0.15, 0.2) is 0 Å². The van der Waals surface area contributed by atoms with E-state index in [-0.39, 0.29) is 0 Å². The highest BCUT2D eigenvalue weighted by Crippen LogP contribution is 2.27. The molecular formula is C10H14BrNO. The van der Waals surface area contributed by atoms with Crippen LogP contribution in [-0.4, -0.2) is 13.7 Å². The molecule has 1 N–H and O–H groups in total. The van der Waals surface area contributed by atoms with Gasteiger partial charge >= 0.3 is 0 Å². The van der Waals surface area contributed by atoms with Crippen LogP contribution in [0.25, 0.3) is 0 Å². The molecule has 3 heteroatoms. The van der Waals surface area contributed by atoms with Crippen LogP contribution in [0.4, 0.5) is 5.69 Å². The predicted octanol–water partition coefficient (Wildman–Crippen LogP) is 3.28. The summed E-state index contributed by atoms with van der Waals surface area (Å²) in [5, 5.41) is 3.30. The molecule has 0 aliphatic heterocycles. The highest BCUT2D eigenvalue weighted by Gasteiger charge is 1.99. The van der Waals surface area contributed by atoms with Crippen molar-refractivity contribution in [3.8, 4) is 5.75 Å². The molecule has 2 nitrogen and oxygen atoms in total. The first-order valence-corrected chi connectivity index (χ1v) is 5.14. The minimum Gasteiger partial charge on any atom is -0.495 e. The summed E-state index contributed by atoms with van der Waals surface area (Å²) in [5.41, 5.74) is 1.10. The summed E-state index contributed by atoms with van der Waals surface area (Å²) in [4.78, 5) is 0. The SMILES string of the molecule is CCCNc1ccc(Br)c(OC)c1. The van der Waals surface area contributed by atoms with Crippen LogP contribution >= 0.6 is 15.9 Å². The quantitative estimate of drug-likeness (QED) is 0.877. The monoisotopic (exact) mass is 243 g/mol. The molecule has 0 spiro atoms. The summed E-state index contributed by atoms with van der Waals surface area (Å²) in [7, 11) is 1.67. The molecule has 0 saturated carbocycles. The molecule has 0 saturated heterocycles. The first-order valence-electron chi connectivity index (χ1n) is 4.35. The zero-order chi connectivity index (χ0) is 9.68. The lowest BCUT2D eigenvalue weighted by atomic mass is 10.3. The third-order valence-electron chi connectivity index (χ3n) is 1.73. The lowest BCUT2D eigenvalue weighted by Gasteiger charge is -2.08. The van der Waals surface area contributed by atoms with Crippen molar-refractivity contribution in [2.24, 2.45) is 0 Å². The number of methoxy groups -OCH3 is 1. The van der Waals surface area contributed by atoms with Crippen molar-refractivity contribution < 1.29 is 4.74 Å². The molecule has 0 atom stereocenters. The van der Waals surface area contributed by atoms with Gasteiger partial charge in [-0.1, -0.05) is 6.92 Å². The van der Waals surface area contributed by atoms with Crippen LogP contribution in [0.1, 0.15) is 13.3 Å². The Morgan fingerprint density at radius 2 is 2.23 bits per heavy atom. The number of anilines is 1. The highest BCUT2D eigenvalue weighted by atomic mass is 79.9. The third kappa shape index (κ3) is 2.92. The molecule has 0 bridgehead atoms. The van der Waals surface area contributed by atoms with Crippen LogP contribution < -0.4 is 10.1 Å². The second-order valence-corrected chi connectivity index (χ2v) is 3.63. The van der Waals surface area contributed by atoms with Gasteiger partial charge in [-0.25, -0.2) is 0 Å². The Morgan fingerprint density at radius 3 is 2.85 bits per heavy atom. The van der Waals surface area contributed by atoms with Crippen molar-refractivity contribution >= 4 is 21.6 Å². The maximum absolute atomic E-state index is 5.18. The molecule has 0 aromatic heterocycles. The zero-order valence-electron chi connectivity index (χ0n) is 7.93. The fourth-order valence-corrected chi connectivity index (χ4v) is 1.45. The zero-order valence-corrected chi connectivity index (χ0v) is 9.52. The van der Waals surface area contributed by atoms with Crippen molar-refractivity contribution in [3.05, 3.63) is 22.7 Å². The normalized spacial score (nSPS) is 9.77. The highest BCUT2D eigenvalue weighted by molar-refractivity contribution is 9.10. The largest absolute Gasteiger partial charge is 0.495 e. The van der Waals surface area contributed by atoms with E-state index >= 15 is 0 Å². The van der Waals surface area contributed by atoms with E-state index in [4.69, 9.17) is 4.74 Å². The summed E-state index contributed by atoms with van der Waals surface area (Å²) in [6, 6.07) is 6.00. The van der Waals surface area contributed by atoms with E-state index in [1.807, 2.05) is 18.2 Å². The molecule has 0 aliphatic rings. The summed E-state index contributed by atoms with van der Waals surface area (Å²) >= 11 is 3.41. The van der Waals surface area contributed by atoms with Crippen LogP contribution in [0.2, 0.25) is 0 Å². The summed E-state index contributed by atoms with van der Waals surface area (Å²) in [6.07, 6.45) is 1.12. The molecule has 0 unspecified atom stereocenters. The number of ether oxygens (including phenoxy) is 1. The Labute approximate surface area is 87.4 Å². The van der Waals surface area contributed by atoms with Crippen LogP contribution in [-0.2, 0) is 0 Å². The molecule has 0 amide bonds. The smallest absolute Gasteiger partial charge is 0.135 e. The topological polar surface area (TPSA) is 21.3 Å². The average molecular weight is 244 g/mol. The Kier molecular flexibility index (Phi) is 4.09. The number of rotatable bonds is 4. The van der Waals surface area contributed by atoms with E-state index < -0.39 is 0 Å². The minimum atomic E-state index is 0.862. The van der Waals surface area contributed by atoms with Gasteiger partial charge < -0.3 is 10.1 Å². The Hall–Kier alpha value is -0.700. The molecule has 0 fully saturated rings. The molecule has 1 aromatic rings. The molecule has 13 heavy (non-hydrogen) atoms. The number of hydrogen-bond donors (Lipinski definition) is 1. The van der Waals surface area contributed by atoms with E-state index in [9.17, 15) is 0 Å².